The van der Waals surface area contributed by atoms with E-state index in [1.165, 1.54) is 14.2 Å². The monoisotopic (exact) mass is 626 g/mol. The van der Waals surface area contributed by atoms with Crippen LogP contribution in [-0.2, 0) is 47.0 Å². The summed E-state index contributed by atoms with van der Waals surface area (Å²) in [5.74, 6) is 2.27. The Hall–Kier alpha value is -2.26. The third-order valence-electron chi connectivity index (χ3n) is 5.54. The van der Waals surface area contributed by atoms with Crippen LogP contribution in [0.3, 0.4) is 0 Å². The molecule has 3 rings (SSSR count). The van der Waals surface area contributed by atoms with Crippen LogP contribution in [-0.4, -0.2) is 42.7 Å². The van der Waals surface area contributed by atoms with Crippen LogP contribution in [0.15, 0.2) is 77.3 Å². The maximum absolute atomic E-state index is 6.32. The fourth-order valence-electron chi connectivity index (χ4n) is 3.23. The first kappa shape index (κ1) is 33.2. The third-order valence-corrected chi connectivity index (χ3v) is 11.1. The van der Waals surface area contributed by atoms with Gasteiger partial charge in [0.05, 0.1) is 42.2 Å². The molecule has 0 amide bonds. The van der Waals surface area contributed by atoms with Gasteiger partial charge in [-0.2, -0.15) is 9.05 Å². The van der Waals surface area contributed by atoms with Gasteiger partial charge in [-0.25, -0.2) is 0 Å². The predicted molar refractivity (Wildman–Crippen MR) is 161 cm³/mol. The van der Waals surface area contributed by atoms with Crippen LogP contribution >= 0.6 is 24.7 Å². The smallest absolute Gasteiger partial charge is 0.497 e. The van der Waals surface area contributed by atoms with Crippen LogP contribution in [0.25, 0.3) is 0 Å². The Morgan fingerprint density at radius 1 is 0.659 bits per heavy atom. The summed E-state index contributed by atoms with van der Waals surface area (Å²) in [4.78, 5) is 3.24. The summed E-state index contributed by atoms with van der Waals surface area (Å²) in [5, 5.41) is 0. The van der Waals surface area contributed by atoms with E-state index in [0.717, 1.165) is 33.9 Å². The van der Waals surface area contributed by atoms with E-state index in [4.69, 9.17) is 45.9 Å². The maximum Gasteiger partial charge on any atom is 0.605 e. The Morgan fingerprint density at radius 3 is 1.54 bits per heavy atom. The lowest BCUT2D eigenvalue weighted by atomic mass is 10.2. The molecule has 0 fully saturated rings. The summed E-state index contributed by atoms with van der Waals surface area (Å²) in [6.07, 6.45) is 0. The topological polar surface area (TPSA) is 107 Å². The van der Waals surface area contributed by atoms with Gasteiger partial charge in [0.2, 0.25) is 4.52 Å². The molecule has 222 valence electrons. The van der Waals surface area contributed by atoms with Crippen LogP contribution in [0.1, 0.15) is 16.7 Å². The molecule has 14 heteroatoms. The van der Waals surface area contributed by atoms with Gasteiger partial charge in [-0.15, -0.1) is 9.05 Å². The van der Waals surface area contributed by atoms with E-state index in [0.29, 0.717) is 0 Å². The van der Waals surface area contributed by atoms with Gasteiger partial charge in [0.1, 0.15) is 30.5 Å². The zero-order valence-corrected chi connectivity index (χ0v) is 26.7. The number of rotatable bonds is 18. The molecule has 0 aliphatic heterocycles. The molecule has 0 saturated carbocycles. The second-order valence-electron chi connectivity index (χ2n) is 8.12. The molecule has 0 heterocycles. The Kier molecular flexibility index (Phi) is 14.3. The minimum Gasteiger partial charge on any atom is -0.497 e. The minimum absolute atomic E-state index is 0.193. The predicted octanol–water partition coefficient (Wildman–Crippen LogP) is 7.59. The van der Waals surface area contributed by atoms with Crippen molar-refractivity contribution in [3.8, 4) is 17.2 Å². The van der Waals surface area contributed by atoms with Crippen molar-refractivity contribution in [3.05, 3.63) is 89.5 Å². The van der Waals surface area contributed by atoms with Gasteiger partial charge in [-0.3, -0.25) is 0 Å². The summed E-state index contributed by atoms with van der Waals surface area (Å²) in [5.41, 5.74) is 2.77. The number of nitrogens with one attached hydrogen (secondary N) is 1. The lowest BCUT2D eigenvalue weighted by Crippen LogP contribution is -2.15. The molecule has 0 radical (unpaired) electrons. The fourth-order valence-corrected chi connectivity index (χ4v) is 8.62. The van der Waals surface area contributed by atoms with E-state index in [-0.39, 0.29) is 19.8 Å². The molecule has 3 unspecified atom stereocenters. The highest BCUT2D eigenvalue weighted by Gasteiger charge is 2.54. The standard InChI is InChI=1S/C27H37N2O9P3/c1-30-25-13-7-22(8-14-25)19-36-39(33-4)28-41(35-6,38-21-24-11-17-27(32-3)18-12-24)29-40(34-5)37-20-23-9-15-26(31-2)16-10-23/h7-18,28H,19-21H2,1-6H3/q+2. The molecule has 41 heavy (non-hydrogen) atoms. The quantitative estimate of drug-likeness (QED) is 0.142. The lowest BCUT2D eigenvalue weighted by Gasteiger charge is -2.19. The fraction of sp³-hybridized carbons (Fsp3) is 0.333. The molecule has 1 N–H and O–H groups in total. The second kappa shape index (κ2) is 17.6. The van der Waals surface area contributed by atoms with Crippen molar-refractivity contribution in [3.63, 3.8) is 0 Å². The molecule has 0 aliphatic carbocycles. The van der Waals surface area contributed by atoms with E-state index < -0.39 is 24.7 Å². The second-order valence-corrected chi connectivity index (χ2v) is 13.5. The average Bonchev–Trinajstić information content (AvgIpc) is 3.04. The number of ether oxygens (including phenoxy) is 3. The van der Waals surface area contributed by atoms with E-state index in [1.807, 2.05) is 72.8 Å². The van der Waals surface area contributed by atoms with Crippen LogP contribution in [0.2, 0.25) is 0 Å². The van der Waals surface area contributed by atoms with Crippen molar-refractivity contribution in [2.24, 2.45) is 4.52 Å². The van der Waals surface area contributed by atoms with Crippen LogP contribution in [0.4, 0.5) is 0 Å². The number of nitrogens with zero attached hydrogens (tertiary/aromatic N) is 1. The van der Waals surface area contributed by atoms with Crippen LogP contribution < -0.4 is 19.1 Å². The zero-order chi connectivity index (χ0) is 29.5. The molecule has 3 aromatic carbocycles. The molecular formula is C27H37N2O9P3+2. The summed E-state index contributed by atoms with van der Waals surface area (Å²) in [7, 11) is 2.77. The van der Waals surface area contributed by atoms with Gasteiger partial charge in [0.15, 0.2) is 0 Å². The van der Waals surface area contributed by atoms with Crippen molar-refractivity contribution in [2.45, 2.75) is 19.8 Å². The van der Waals surface area contributed by atoms with Crippen molar-refractivity contribution in [1.82, 2.24) is 4.86 Å². The molecule has 0 spiro atoms. The first-order chi connectivity index (χ1) is 20.0. The number of methoxy groups -OCH3 is 3. The van der Waals surface area contributed by atoms with Gasteiger partial charge in [-0.1, -0.05) is 36.4 Å². The van der Waals surface area contributed by atoms with Crippen molar-refractivity contribution in [2.75, 3.05) is 42.7 Å². The molecule has 0 aliphatic rings. The SMILES string of the molecule is COc1ccc(COP(N[P+](N=[P+](OC)OCc2ccc(OC)cc2)(OC)OCc2ccc(OC)cc2)OC)cc1. The molecule has 0 bridgehead atoms. The van der Waals surface area contributed by atoms with Gasteiger partial charge in [0, 0.05) is 7.11 Å². The maximum atomic E-state index is 6.32. The highest BCUT2D eigenvalue weighted by molar-refractivity contribution is 7.74. The largest absolute Gasteiger partial charge is 0.605 e. The molecular weight excluding hydrogens is 589 g/mol. The van der Waals surface area contributed by atoms with Crippen LogP contribution in [0, 0.1) is 0 Å². The molecule has 0 aromatic heterocycles. The summed E-state index contributed by atoms with van der Waals surface area (Å²) >= 11 is 0. The lowest BCUT2D eigenvalue weighted by molar-refractivity contribution is 0.237. The van der Waals surface area contributed by atoms with Gasteiger partial charge in [0.25, 0.3) is 8.53 Å². The van der Waals surface area contributed by atoms with Crippen molar-refractivity contribution >= 4 is 24.7 Å². The van der Waals surface area contributed by atoms with Crippen molar-refractivity contribution in [1.29, 1.82) is 0 Å². The molecule has 11 nitrogen and oxygen atoms in total. The number of hydrogen-bond donors (Lipinski definition) is 1. The van der Waals surface area contributed by atoms with Crippen molar-refractivity contribution < 1.29 is 41.4 Å². The van der Waals surface area contributed by atoms with E-state index in [2.05, 4.69) is 4.86 Å². The first-order valence-electron chi connectivity index (χ1n) is 12.4. The Labute approximate surface area is 244 Å². The van der Waals surface area contributed by atoms with E-state index in [9.17, 15) is 0 Å². The number of hydrogen-bond acceptors (Lipinski definition) is 11. The van der Waals surface area contributed by atoms with Gasteiger partial charge < -0.3 is 23.3 Å². The molecule has 3 atom stereocenters. The first-order valence-corrected chi connectivity index (χ1v) is 16.3. The average molecular weight is 627 g/mol. The van der Waals surface area contributed by atoms with E-state index >= 15 is 0 Å². The normalized spacial score (nSPS) is 13.9. The summed E-state index contributed by atoms with van der Waals surface area (Å²) in [6.45, 7) is 0.743. The molecule has 0 saturated heterocycles. The third kappa shape index (κ3) is 10.8. The van der Waals surface area contributed by atoms with Crippen LogP contribution in [0.5, 0.6) is 17.2 Å². The summed E-state index contributed by atoms with van der Waals surface area (Å²) < 4.78 is 56.0. The zero-order valence-electron chi connectivity index (χ0n) is 24.0. The highest BCUT2D eigenvalue weighted by atomic mass is 31.3. The Balaban J connectivity index is 1.79. The van der Waals surface area contributed by atoms with Gasteiger partial charge >= 0.3 is 16.2 Å². The molecule has 3 aromatic rings. The number of benzene rings is 3. The highest BCUT2D eigenvalue weighted by Crippen LogP contribution is 2.67. The minimum atomic E-state index is -3.21. The van der Waals surface area contributed by atoms with E-state index in [1.54, 1.807) is 28.4 Å². The Morgan fingerprint density at radius 2 is 1.12 bits per heavy atom. The van der Waals surface area contributed by atoms with Gasteiger partial charge in [-0.05, 0) is 57.9 Å². The summed E-state index contributed by atoms with van der Waals surface area (Å²) in [6, 6.07) is 22.7. The Bertz CT molecular complexity index is 1200.